The van der Waals surface area contributed by atoms with E-state index in [1.165, 1.54) is 5.56 Å². The van der Waals surface area contributed by atoms with Gasteiger partial charge >= 0.3 is 0 Å². The van der Waals surface area contributed by atoms with E-state index in [1.54, 1.807) is 12.4 Å². The fraction of sp³-hybridized carbons (Fsp3) is 0.286. The summed E-state index contributed by atoms with van der Waals surface area (Å²) in [5.41, 5.74) is 1.23. The number of amides is 1. The van der Waals surface area contributed by atoms with E-state index in [9.17, 15) is 4.79 Å². The Morgan fingerprint density at radius 3 is 2.84 bits per heavy atom. The first-order chi connectivity index (χ1) is 9.34. The Kier molecular flexibility index (Phi) is 5.13. The van der Waals surface area contributed by atoms with Crippen LogP contribution in [0.5, 0.6) is 0 Å². The minimum Gasteiger partial charge on any atom is -0.355 e. The Hall–Kier alpha value is -2.14. The van der Waals surface area contributed by atoms with Gasteiger partial charge in [-0.15, -0.1) is 0 Å². The van der Waals surface area contributed by atoms with Crippen LogP contribution < -0.4 is 10.6 Å². The highest BCUT2D eigenvalue weighted by molar-refractivity contribution is 5.77. The van der Waals surface area contributed by atoms with Gasteiger partial charge in [-0.1, -0.05) is 30.3 Å². The molecule has 100 valence electrons. The number of hydrogen-bond acceptors (Lipinski definition) is 3. The topological polar surface area (TPSA) is 69.8 Å². The number of hydrogen-bond donors (Lipinski definition) is 3. The van der Waals surface area contributed by atoms with Crippen LogP contribution in [0.3, 0.4) is 0 Å². The number of H-pyrrole nitrogens is 1. The summed E-state index contributed by atoms with van der Waals surface area (Å²) in [6.07, 6.45) is 4.30. The van der Waals surface area contributed by atoms with Crippen molar-refractivity contribution in [3.8, 4) is 0 Å². The molecule has 5 nitrogen and oxygen atoms in total. The van der Waals surface area contributed by atoms with Crippen molar-refractivity contribution in [1.29, 1.82) is 0 Å². The second-order valence-electron chi connectivity index (χ2n) is 4.22. The van der Waals surface area contributed by atoms with E-state index in [2.05, 4.69) is 32.7 Å². The Morgan fingerprint density at radius 1 is 1.26 bits per heavy atom. The van der Waals surface area contributed by atoms with E-state index in [0.717, 1.165) is 12.2 Å². The fourth-order valence-electron chi connectivity index (χ4n) is 1.74. The van der Waals surface area contributed by atoms with Crippen LogP contribution in [-0.4, -0.2) is 29.0 Å². The first-order valence-electron chi connectivity index (χ1n) is 6.34. The van der Waals surface area contributed by atoms with Crippen LogP contribution in [0.4, 0.5) is 0 Å². The van der Waals surface area contributed by atoms with Gasteiger partial charge in [-0.3, -0.25) is 4.79 Å². The van der Waals surface area contributed by atoms with Gasteiger partial charge in [0.15, 0.2) is 0 Å². The molecule has 0 saturated carbocycles. The van der Waals surface area contributed by atoms with E-state index in [0.29, 0.717) is 19.6 Å². The minimum absolute atomic E-state index is 0.00230. The van der Waals surface area contributed by atoms with Crippen LogP contribution in [-0.2, 0) is 17.8 Å². The van der Waals surface area contributed by atoms with Gasteiger partial charge in [-0.05, 0) is 12.0 Å². The number of imidazole rings is 1. The molecule has 1 amide bonds. The van der Waals surface area contributed by atoms with E-state index in [4.69, 9.17) is 0 Å². The standard InChI is InChI=1S/C14H18N4O/c19-14(11-15-10-13-16-8-9-17-13)18-7-6-12-4-2-1-3-5-12/h1-5,8-9,15H,6-7,10-11H2,(H,16,17)(H,18,19). The largest absolute Gasteiger partial charge is 0.355 e. The van der Waals surface area contributed by atoms with Gasteiger partial charge in [-0.25, -0.2) is 4.98 Å². The maximum Gasteiger partial charge on any atom is 0.233 e. The summed E-state index contributed by atoms with van der Waals surface area (Å²) >= 11 is 0. The molecule has 5 heteroatoms. The number of nitrogens with one attached hydrogen (secondary N) is 3. The predicted molar refractivity (Wildman–Crippen MR) is 73.5 cm³/mol. The summed E-state index contributed by atoms with van der Waals surface area (Å²) < 4.78 is 0. The molecule has 1 aromatic heterocycles. The highest BCUT2D eigenvalue weighted by Gasteiger charge is 2.01. The number of carbonyl (C=O) groups excluding carboxylic acids is 1. The van der Waals surface area contributed by atoms with Crippen LogP contribution in [0.15, 0.2) is 42.7 Å². The van der Waals surface area contributed by atoms with Crippen molar-refractivity contribution in [2.75, 3.05) is 13.1 Å². The molecule has 0 aliphatic rings. The zero-order valence-electron chi connectivity index (χ0n) is 10.7. The molecule has 19 heavy (non-hydrogen) atoms. The summed E-state index contributed by atoms with van der Waals surface area (Å²) in [4.78, 5) is 18.6. The molecule has 1 aromatic carbocycles. The molecule has 0 aliphatic carbocycles. The van der Waals surface area contributed by atoms with Crippen molar-refractivity contribution in [3.05, 3.63) is 54.1 Å². The lowest BCUT2D eigenvalue weighted by atomic mass is 10.1. The van der Waals surface area contributed by atoms with E-state index in [-0.39, 0.29) is 5.91 Å². The summed E-state index contributed by atoms with van der Waals surface area (Å²) in [5.74, 6) is 0.833. The second-order valence-corrected chi connectivity index (χ2v) is 4.22. The minimum atomic E-state index is 0.00230. The van der Waals surface area contributed by atoms with Crippen molar-refractivity contribution in [2.45, 2.75) is 13.0 Å². The number of rotatable bonds is 7. The number of aromatic nitrogens is 2. The zero-order chi connectivity index (χ0) is 13.3. The quantitative estimate of drug-likeness (QED) is 0.690. The van der Waals surface area contributed by atoms with Crippen molar-refractivity contribution >= 4 is 5.91 Å². The molecule has 0 atom stereocenters. The van der Waals surface area contributed by atoms with Crippen molar-refractivity contribution in [1.82, 2.24) is 20.6 Å². The summed E-state index contributed by atoms with van der Waals surface area (Å²) in [6, 6.07) is 10.1. The summed E-state index contributed by atoms with van der Waals surface area (Å²) in [5, 5.41) is 5.91. The first-order valence-corrected chi connectivity index (χ1v) is 6.34. The second kappa shape index (κ2) is 7.33. The maximum absolute atomic E-state index is 11.6. The third-order valence-corrected chi connectivity index (χ3v) is 2.71. The Labute approximate surface area is 112 Å². The molecule has 0 radical (unpaired) electrons. The van der Waals surface area contributed by atoms with Crippen LogP contribution in [0.1, 0.15) is 11.4 Å². The van der Waals surface area contributed by atoms with Gasteiger partial charge in [0.2, 0.25) is 5.91 Å². The van der Waals surface area contributed by atoms with Gasteiger partial charge in [0.1, 0.15) is 5.82 Å². The lowest BCUT2D eigenvalue weighted by Crippen LogP contribution is -2.34. The Morgan fingerprint density at radius 2 is 2.11 bits per heavy atom. The summed E-state index contributed by atoms with van der Waals surface area (Å²) in [6.45, 7) is 1.53. The van der Waals surface area contributed by atoms with Crippen LogP contribution >= 0.6 is 0 Å². The number of benzene rings is 1. The third-order valence-electron chi connectivity index (χ3n) is 2.71. The van der Waals surface area contributed by atoms with Gasteiger partial charge < -0.3 is 15.6 Å². The average Bonchev–Trinajstić information content (AvgIpc) is 2.93. The lowest BCUT2D eigenvalue weighted by molar-refractivity contribution is -0.120. The van der Waals surface area contributed by atoms with Gasteiger partial charge in [0.05, 0.1) is 13.1 Å². The van der Waals surface area contributed by atoms with Gasteiger partial charge in [-0.2, -0.15) is 0 Å². The molecule has 3 N–H and O–H groups in total. The predicted octanol–water partition coefficient (Wildman–Crippen LogP) is 0.858. The number of nitrogens with zero attached hydrogens (tertiary/aromatic N) is 1. The van der Waals surface area contributed by atoms with E-state index >= 15 is 0 Å². The van der Waals surface area contributed by atoms with Crippen LogP contribution in [0, 0.1) is 0 Å². The van der Waals surface area contributed by atoms with E-state index in [1.807, 2.05) is 18.2 Å². The van der Waals surface area contributed by atoms with Gasteiger partial charge in [0.25, 0.3) is 0 Å². The van der Waals surface area contributed by atoms with Gasteiger partial charge in [0, 0.05) is 18.9 Å². The SMILES string of the molecule is O=C(CNCc1ncc[nH]1)NCCc1ccccc1. The smallest absolute Gasteiger partial charge is 0.233 e. The van der Waals surface area contributed by atoms with Crippen molar-refractivity contribution < 1.29 is 4.79 Å². The lowest BCUT2D eigenvalue weighted by Gasteiger charge is -2.06. The van der Waals surface area contributed by atoms with Crippen molar-refractivity contribution in [2.24, 2.45) is 0 Å². The average molecular weight is 258 g/mol. The highest BCUT2D eigenvalue weighted by atomic mass is 16.1. The zero-order valence-corrected chi connectivity index (χ0v) is 10.7. The fourth-order valence-corrected chi connectivity index (χ4v) is 1.74. The summed E-state index contributed by atoms with van der Waals surface area (Å²) in [7, 11) is 0. The molecule has 0 saturated heterocycles. The molecule has 2 aromatic rings. The Bertz CT molecular complexity index is 481. The molecular weight excluding hydrogens is 240 g/mol. The first kappa shape index (κ1) is 13.3. The highest BCUT2D eigenvalue weighted by Crippen LogP contribution is 1.97. The van der Waals surface area contributed by atoms with Crippen LogP contribution in [0.25, 0.3) is 0 Å². The molecule has 2 rings (SSSR count). The number of aromatic amines is 1. The molecule has 0 fully saturated rings. The monoisotopic (exact) mass is 258 g/mol. The molecular formula is C14H18N4O. The van der Waals surface area contributed by atoms with Crippen molar-refractivity contribution in [3.63, 3.8) is 0 Å². The third kappa shape index (κ3) is 4.93. The molecule has 0 bridgehead atoms. The van der Waals surface area contributed by atoms with E-state index < -0.39 is 0 Å². The molecule has 0 aliphatic heterocycles. The molecule has 1 heterocycles. The Balaban J connectivity index is 1.57. The number of carbonyl (C=O) groups is 1. The molecule has 0 unspecified atom stereocenters. The maximum atomic E-state index is 11.6. The van der Waals surface area contributed by atoms with Crippen LogP contribution in [0.2, 0.25) is 0 Å². The molecule has 0 spiro atoms. The normalized spacial score (nSPS) is 10.3.